The van der Waals surface area contributed by atoms with E-state index >= 15 is 0 Å². The molecule has 0 radical (unpaired) electrons. The first kappa shape index (κ1) is 23.7. The second kappa shape index (κ2) is 10.6. The molecule has 8 heteroatoms. The minimum Gasteiger partial charge on any atom is -0.492 e. The molecule has 3 aliphatic rings. The van der Waals surface area contributed by atoms with Gasteiger partial charge in [0.2, 0.25) is 5.91 Å². The summed E-state index contributed by atoms with van der Waals surface area (Å²) in [6.45, 7) is 8.02. The van der Waals surface area contributed by atoms with Crippen LogP contribution in [0.25, 0.3) is 0 Å². The van der Waals surface area contributed by atoms with Gasteiger partial charge in [-0.05, 0) is 63.0 Å². The van der Waals surface area contributed by atoms with E-state index in [0.29, 0.717) is 25.6 Å². The molecule has 2 amide bonds. The lowest BCUT2D eigenvalue weighted by Gasteiger charge is -2.32. The molecule has 2 N–H and O–H groups in total. The van der Waals surface area contributed by atoms with Crippen molar-refractivity contribution in [3.63, 3.8) is 0 Å². The molecule has 1 saturated carbocycles. The summed E-state index contributed by atoms with van der Waals surface area (Å²) in [4.78, 5) is 26.0. The second-order valence-corrected chi connectivity index (χ2v) is 8.89. The normalized spacial score (nSPS) is 19.1. The van der Waals surface area contributed by atoms with Gasteiger partial charge in [0.25, 0.3) is 0 Å². The first-order chi connectivity index (χ1) is 14.5. The predicted molar refractivity (Wildman–Crippen MR) is 122 cm³/mol. The van der Waals surface area contributed by atoms with Gasteiger partial charge in [-0.25, -0.2) is 4.79 Å². The molecule has 2 fully saturated rings. The summed E-state index contributed by atoms with van der Waals surface area (Å²) in [7, 11) is 0. The highest BCUT2D eigenvalue weighted by atomic mass is 35.5. The van der Waals surface area contributed by atoms with E-state index in [1.165, 1.54) is 12.8 Å². The van der Waals surface area contributed by atoms with Gasteiger partial charge in [-0.15, -0.1) is 12.4 Å². The molecular weight excluding hydrogens is 418 g/mol. The van der Waals surface area contributed by atoms with Crippen molar-refractivity contribution in [1.82, 2.24) is 10.2 Å². The van der Waals surface area contributed by atoms with E-state index in [9.17, 15) is 9.59 Å². The monoisotopic (exact) mass is 451 g/mol. The molecule has 31 heavy (non-hydrogen) atoms. The number of likely N-dealkylation sites (tertiary alicyclic amines) is 1. The van der Waals surface area contributed by atoms with E-state index in [4.69, 9.17) is 9.47 Å². The van der Waals surface area contributed by atoms with Crippen LogP contribution in [-0.4, -0.2) is 55.8 Å². The summed E-state index contributed by atoms with van der Waals surface area (Å²) in [6, 6.07) is 2.28. The highest BCUT2D eigenvalue weighted by Gasteiger charge is 2.26. The molecule has 172 valence electrons. The number of hydrogen-bond acceptors (Lipinski definition) is 5. The number of halogens is 1. The summed E-state index contributed by atoms with van der Waals surface area (Å²) in [5, 5.41) is 6.00. The Kier molecular flexibility index (Phi) is 8.06. The molecule has 7 nitrogen and oxygen atoms in total. The van der Waals surface area contributed by atoms with Gasteiger partial charge in [0.05, 0.1) is 12.3 Å². The van der Waals surface area contributed by atoms with Crippen LogP contribution in [0.15, 0.2) is 6.07 Å². The van der Waals surface area contributed by atoms with E-state index in [0.717, 1.165) is 67.0 Å². The highest BCUT2D eigenvalue weighted by Crippen LogP contribution is 2.37. The van der Waals surface area contributed by atoms with Gasteiger partial charge in [-0.2, -0.15) is 0 Å². The largest absolute Gasteiger partial charge is 0.492 e. The average molecular weight is 452 g/mol. The van der Waals surface area contributed by atoms with Crippen molar-refractivity contribution >= 4 is 30.1 Å². The number of fused-ring (bicyclic) bond motifs is 1. The standard InChI is InChI=1S/C23H33N3O4.ClH/c1-15-13-16(2)22(19-5-6-20(27)25-21(15)19)29-12-11-26-9-7-18(8-10-26)24-23(28)30-14-17-3-4-17;/h13,17-18H,3-12,14H2,1-2H3,(H,24,28)(H,25,27);1H. The summed E-state index contributed by atoms with van der Waals surface area (Å²) >= 11 is 0. The Morgan fingerprint density at radius 3 is 2.61 bits per heavy atom. The lowest BCUT2D eigenvalue weighted by molar-refractivity contribution is -0.116. The molecule has 0 aromatic heterocycles. The molecule has 4 rings (SSSR count). The molecular formula is C23H34ClN3O4. The third kappa shape index (κ3) is 6.26. The van der Waals surface area contributed by atoms with Crippen LogP contribution in [-0.2, 0) is 16.0 Å². The Labute approximate surface area is 190 Å². The van der Waals surface area contributed by atoms with Crippen LogP contribution < -0.4 is 15.4 Å². The Morgan fingerprint density at radius 1 is 1.16 bits per heavy atom. The van der Waals surface area contributed by atoms with Crippen LogP contribution in [0.3, 0.4) is 0 Å². The zero-order valence-corrected chi connectivity index (χ0v) is 19.3. The van der Waals surface area contributed by atoms with Gasteiger partial charge in [-0.3, -0.25) is 9.69 Å². The number of piperidine rings is 1. The number of alkyl carbamates (subject to hydrolysis) is 1. The van der Waals surface area contributed by atoms with Crippen molar-refractivity contribution < 1.29 is 19.1 Å². The SMILES string of the molecule is Cc1cc(C)c(OCCN2CCC(NC(=O)OCC3CC3)CC2)c2c1NC(=O)CC2.Cl. The van der Waals surface area contributed by atoms with Crippen LogP contribution >= 0.6 is 12.4 Å². The highest BCUT2D eigenvalue weighted by molar-refractivity contribution is 5.95. The number of aryl methyl sites for hydroxylation is 2. The van der Waals surface area contributed by atoms with Gasteiger partial charge in [0, 0.05) is 37.7 Å². The topological polar surface area (TPSA) is 79.9 Å². The Bertz CT molecular complexity index is 805. The summed E-state index contributed by atoms with van der Waals surface area (Å²) in [6.07, 6.45) is 5.21. The number of nitrogens with zero attached hydrogens (tertiary/aromatic N) is 1. The number of anilines is 1. The third-order valence-corrected chi connectivity index (χ3v) is 6.34. The molecule has 0 atom stereocenters. The fraction of sp³-hybridized carbons (Fsp3) is 0.652. The molecule has 1 saturated heterocycles. The van der Waals surface area contributed by atoms with Gasteiger partial charge < -0.3 is 20.1 Å². The summed E-state index contributed by atoms with van der Waals surface area (Å²) in [5.41, 5.74) is 4.26. The zero-order valence-electron chi connectivity index (χ0n) is 18.5. The number of carbonyl (C=O) groups excluding carboxylic acids is 2. The van der Waals surface area contributed by atoms with Gasteiger partial charge in [0.1, 0.15) is 12.4 Å². The average Bonchev–Trinajstić information content (AvgIpc) is 3.55. The summed E-state index contributed by atoms with van der Waals surface area (Å²) in [5.74, 6) is 1.59. The van der Waals surface area contributed by atoms with Gasteiger partial charge >= 0.3 is 6.09 Å². The third-order valence-electron chi connectivity index (χ3n) is 6.34. The Morgan fingerprint density at radius 2 is 1.90 bits per heavy atom. The first-order valence-corrected chi connectivity index (χ1v) is 11.2. The maximum Gasteiger partial charge on any atom is 0.407 e. The minimum atomic E-state index is -0.268. The van der Waals surface area contributed by atoms with Crippen molar-refractivity contribution in [2.24, 2.45) is 5.92 Å². The van der Waals surface area contributed by atoms with Crippen molar-refractivity contribution in [2.75, 3.05) is 38.2 Å². The number of nitrogens with one attached hydrogen (secondary N) is 2. The minimum absolute atomic E-state index is 0. The van der Waals surface area contributed by atoms with Crippen molar-refractivity contribution in [2.45, 2.75) is 58.4 Å². The lowest BCUT2D eigenvalue weighted by Crippen LogP contribution is -2.45. The van der Waals surface area contributed by atoms with Crippen LogP contribution in [0.4, 0.5) is 10.5 Å². The van der Waals surface area contributed by atoms with E-state index in [1.807, 2.05) is 6.92 Å². The maximum atomic E-state index is 11.9. The van der Waals surface area contributed by atoms with Crippen LogP contribution in [0, 0.1) is 19.8 Å². The van der Waals surface area contributed by atoms with E-state index in [1.54, 1.807) is 0 Å². The molecule has 0 unspecified atom stereocenters. The Hall–Kier alpha value is -1.99. The maximum absolute atomic E-state index is 11.9. The van der Waals surface area contributed by atoms with Gasteiger partial charge in [0.15, 0.2) is 0 Å². The quantitative estimate of drug-likeness (QED) is 0.662. The van der Waals surface area contributed by atoms with Crippen LogP contribution in [0.1, 0.15) is 48.8 Å². The Balaban J connectivity index is 0.00000272. The number of rotatable bonds is 7. The fourth-order valence-electron chi connectivity index (χ4n) is 4.37. The number of hydrogen-bond donors (Lipinski definition) is 2. The first-order valence-electron chi connectivity index (χ1n) is 11.2. The smallest absolute Gasteiger partial charge is 0.407 e. The zero-order chi connectivity index (χ0) is 21.1. The van der Waals surface area contributed by atoms with Crippen molar-refractivity contribution in [3.8, 4) is 5.75 Å². The van der Waals surface area contributed by atoms with E-state index < -0.39 is 0 Å². The number of ether oxygens (including phenoxy) is 2. The predicted octanol–water partition coefficient (Wildman–Crippen LogP) is 3.59. The van der Waals surface area contributed by atoms with E-state index in [2.05, 4.69) is 28.5 Å². The van der Waals surface area contributed by atoms with Crippen LogP contribution in [0.5, 0.6) is 5.75 Å². The van der Waals surface area contributed by atoms with Crippen LogP contribution in [0.2, 0.25) is 0 Å². The molecule has 0 bridgehead atoms. The summed E-state index contributed by atoms with van der Waals surface area (Å²) < 4.78 is 11.5. The van der Waals surface area contributed by atoms with Gasteiger partial charge in [-0.1, -0.05) is 6.07 Å². The second-order valence-electron chi connectivity index (χ2n) is 8.89. The molecule has 2 aliphatic heterocycles. The number of carbonyl (C=O) groups is 2. The molecule has 1 aromatic rings. The molecule has 2 heterocycles. The number of amides is 2. The molecule has 1 aromatic carbocycles. The van der Waals surface area contributed by atoms with Crippen molar-refractivity contribution in [3.05, 3.63) is 22.8 Å². The number of benzene rings is 1. The molecule has 1 aliphatic carbocycles. The lowest BCUT2D eigenvalue weighted by atomic mass is 9.95. The molecule has 0 spiro atoms. The van der Waals surface area contributed by atoms with E-state index in [-0.39, 0.29) is 30.4 Å². The fourth-order valence-corrected chi connectivity index (χ4v) is 4.37. The van der Waals surface area contributed by atoms with Crippen molar-refractivity contribution in [1.29, 1.82) is 0 Å².